The smallest absolute Gasteiger partial charge is 0.433 e. The van der Waals surface area contributed by atoms with Gasteiger partial charge in [0.05, 0.1) is 6.61 Å². The van der Waals surface area contributed by atoms with Gasteiger partial charge in [-0.1, -0.05) is 13.3 Å². The van der Waals surface area contributed by atoms with E-state index in [9.17, 15) is 17.6 Å². The largest absolute Gasteiger partial charge is 0.493 e. The van der Waals surface area contributed by atoms with Gasteiger partial charge in [-0.2, -0.15) is 13.2 Å². The molecule has 1 aromatic carbocycles. The lowest BCUT2D eigenvalue weighted by molar-refractivity contribution is -0.141. The first-order valence-corrected chi connectivity index (χ1v) is 6.88. The average molecular weight is 313 g/mol. The van der Waals surface area contributed by atoms with Crippen LogP contribution in [0.2, 0.25) is 0 Å². The van der Waals surface area contributed by atoms with Crippen LogP contribution in [0.4, 0.5) is 17.6 Å². The standard InChI is InChI=1S/C16H15F4NO/c1-2-3-8-22-14-5-4-12(17)10-13(14)11-6-7-21-15(9-11)16(18,19)20/h4-7,9-10H,2-3,8H2,1H3. The van der Waals surface area contributed by atoms with Gasteiger partial charge in [-0.3, -0.25) is 4.98 Å². The molecule has 22 heavy (non-hydrogen) atoms. The van der Waals surface area contributed by atoms with Crippen molar-refractivity contribution < 1.29 is 22.3 Å². The number of hydrogen-bond donors (Lipinski definition) is 0. The number of ether oxygens (including phenoxy) is 1. The third kappa shape index (κ3) is 3.96. The molecule has 0 bridgehead atoms. The molecule has 0 saturated carbocycles. The Morgan fingerprint density at radius 2 is 1.91 bits per heavy atom. The van der Waals surface area contributed by atoms with E-state index in [1.165, 1.54) is 18.2 Å². The summed E-state index contributed by atoms with van der Waals surface area (Å²) in [5.41, 5.74) is -0.522. The second-order valence-corrected chi connectivity index (χ2v) is 4.77. The minimum atomic E-state index is -4.55. The molecular weight excluding hydrogens is 298 g/mol. The Morgan fingerprint density at radius 1 is 1.14 bits per heavy atom. The van der Waals surface area contributed by atoms with Crippen LogP contribution in [-0.4, -0.2) is 11.6 Å². The highest BCUT2D eigenvalue weighted by atomic mass is 19.4. The molecule has 0 aliphatic carbocycles. The quantitative estimate of drug-likeness (QED) is 0.567. The third-order valence-corrected chi connectivity index (χ3v) is 3.06. The first kappa shape index (κ1) is 16.3. The van der Waals surface area contributed by atoms with Crippen molar-refractivity contribution in [3.8, 4) is 16.9 Å². The SMILES string of the molecule is CCCCOc1ccc(F)cc1-c1ccnc(C(F)(F)F)c1. The normalized spacial score (nSPS) is 11.5. The predicted molar refractivity (Wildman–Crippen MR) is 75.0 cm³/mol. The van der Waals surface area contributed by atoms with Gasteiger partial charge in [0.1, 0.15) is 17.3 Å². The number of rotatable bonds is 5. The zero-order valence-electron chi connectivity index (χ0n) is 12.0. The summed E-state index contributed by atoms with van der Waals surface area (Å²) in [4.78, 5) is 3.30. The molecule has 2 nitrogen and oxygen atoms in total. The van der Waals surface area contributed by atoms with Gasteiger partial charge in [-0.05, 0) is 42.3 Å². The average Bonchev–Trinajstić information content (AvgIpc) is 2.48. The molecule has 2 rings (SSSR count). The first-order chi connectivity index (χ1) is 10.4. The van der Waals surface area contributed by atoms with Crippen LogP contribution in [0.15, 0.2) is 36.5 Å². The molecule has 0 aliphatic rings. The molecule has 0 spiro atoms. The number of alkyl halides is 3. The van der Waals surface area contributed by atoms with E-state index in [1.54, 1.807) is 0 Å². The van der Waals surface area contributed by atoms with Crippen LogP contribution in [-0.2, 0) is 6.18 Å². The molecule has 0 atom stereocenters. The van der Waals surface area contributed by atoms with Crippen molar-refractivity contribution >= 4 is 0 Å². The lowest BCUT2D eigenvalue weighted by Gasteiger charge is -2.13. The van der Waals surface area contributed by atoms with E-state index in [0.29, 0.717) is 12.4 Å². The van der Waals surface area contributed by atoms with E-state index >= 15 is 0 Å². The first-order valence-electron chi connectivity index (χ1n) is 6.88. The van der Waals surface area contributed by atoms with Crippen molar-refractivity contribution in [2.45, 2.75) is 25.9 Å². The predicted octanol–water partition coefficient (Wildman–Crippen LogP) is 5.09. The van der Waals surface area contributed by atoms with Crippen molar-refractivity contribution in [3.63, 3.8) is 0 Å². The molecule has 118 valence electrons. The van der Waals surface area contributed by atoms with E-state index < -0.39 is 17.7 Å². The fourth-order valence-corrected chi connectivity index (χ4v) is 1.93. The summed E-state index contributed by atoms with van der Waals surface area (Å²) < 4.78 is 57.2. The molecule has 0 amide bonds. The van der Waals surface area contributed by atoms with Gasteiger partial charge in [-0.25, -0.2) is 4.39 Å². The van der Waals surface area contributed by atoms with Gasteiger partial charge in [0.15, 0.2) is 0 Å². The van der Waals surface area contributed by atoms with E-state index in [4.69, 9.17) is 4.74 Å². The second-order valence-electron chi connectivity index (χ2n) is 4.77. The number of hydrogen-bond acceptors (Lipinski definition) is 2. The maximum absolute atomic E-state index is 13.5. The minimum Gasteiger partial charge on any atom is -0.493 e. The second kappa shape index (κ2) is 6.77. The fourth-order valence-electron chi connectivity index (χ4n) is 1.93. The van der Waals surface area contributed by atoms with E-state index in [2.05, 4.69) is 4.98 Å². The van der Waals surface area contributed by atoms with E-state index in [1.807, 2.05) is 6.92 Å². The molecule has 6 heteroatoms. The maximum Gasteiger partial charge on any atom is 0.433 e. The van der Waals surface area contributed by atoms with Crippen LogP contribution in [0.1, 0.15) is 25.5 Å². The van der Waals surface area contributed by atoms with E-state index in [-0.39, 0.29) is 11.1 Å². The van der Waals surface area contributed by atoms with Crippen molar-refractivity contribution in [2.24, 2.45) is 0 Å². The summed E-state index contributed by atoms with van der Waals surface area (Å²) in [7, 11) is 0. The highest BCUT2D eigenvalue weighted by Gasteiger charge is 2.32. The molecule has 0 N–H and O–H groups in total. The molecule has 0 aliphatic heterocycles. The van der Waals surface area contributed by atoms with E-state index in [0.717, 1.165) is 31.2 Å². The Kier molecular flexibility index (Phi) is 5.00. The summed E-state index contributed by atoms with van der Waals surface area (Å²) in [6.07, 6.45) is -1.77. The molecule has 1 heterocycles. The minimum absolute atomic E-state index is 0.216. The zero-order valence-corrected chi connectivity index (χ0v) is 12.0. The molecule has 0 fully saturated rings. The van der Waals surface area contributed by atoms with Crippen LogP contribution in [0.25, 0.3) is 11.1 Å². The Morgan fingerprint density at radius 3 is 2.59 bits per heavy atom. The Labute approximate surface area is 125 Å². The Hall–Kier alpha value is -2.11. The van der Waals surface area contributed by atoms with Crippen LogP contribution in [0.3, 0.4) is 0 Å². The number of nitrogens with zero attached hydrogens (tertiary/aromatic N) is 1. The summed E-state index contributed by atoms with van der Waals surface area (Å²) in [5, 5.41) is 0. The summed E-state index contributed by atoms with van der Waals surface area (Å²) in [6, 6.07) is 6.10. The van der Waals surface area contributed by atoms with Gasteiger partial charge in [0, 0.05) is 11.8 Å². The molecular formula is C16H15F4NO. The van der Waals surface area contributed by atoms with Crippen molar-refractivity contribution in [1.29, 1.82) is 0 Å². The van der Waals surface area contributed by atoms with Crippen LogP contribution >= 0.6 is 0 Å². The molecule has 0 unspecified atom stereocenters. The lowest BCUT2D eigenvalue weighted by Crippen LogP contribution is -2.07. The van der Waals surface area contributed by atoms with Crippen molar-refractivity contribution in [2.75, 3.05) is 6.61 Å². The molecule has 0 radical (unpaired) electrons. The zero-order chi connectivity index (χ0) is 16.2. The van der Waals surface area contributed by atoms with Crippen molar-refractivity contribution in [1.82, 2.24) is 4.98 Å². The van der Waals surface area contributed by atoms with Crippen LogP contribution in [0, 0.1) is 5.82 Å². The maximum atomic E-state index is 13.5. The number of aromatic nitrogens is 1. The summed E-state index contributed by atoms with van der Waals surface area (Å²) >= 11 is 0. The fraction of sp³-hybridized carbons (Fsp3) is 0.312. The van der Waals surface area contributed by atoms with Gasteiger partial charge in [-0.15, -0.1) is 0 Å². The molecule has 2 aromatic rings. The van der Waals surface area contributed by atoms with Gasteiger partial charge in [0.25, 0.3) is 0 Å². The highest BCUT2D eigenvalue weighted by Crippen LogP contribution is 2.34. The number of unbranched alkanes of at least 4 members (excludes halogenated alkanes) is 1. The number of benzene rings is 1. The molecule has 1 aromatic heterocycles. The highest BCUT2D eigenvalue weighted by molar-refractivity contribution is 5.70. The Bertz CT molecular complexity index is 640. The third-order valence-electron chi connectivity index (χ3n) is 3.06. The van der Waals surface area contributed by atoms with Crippen LogP contribution in [0.5, 0.6) is 5.75 Å². The number of pyridine rings is 1. The van der Waals surface area contributed by atoms with Crippen LogP contribution < -0.4 is 4.74 Å². The number of halogens is 4. The van der Waals surface area contributed by atoms with Crippen molar-refractivity contribution in [3.05, 3.63) is 48.0 Å². The Balaban J connectivity index is 2.40. The lowest BCUT2D eigenvalue weighted by atomic mass is 10.0. The van der Waals surface area contributed by atoms with Gasteiger partial charge >= 0.3 is 6.18 Å². The summed E-state index contributed by atoms with van der Waals surface area (Å²) in [5.74, 6) is -0.183. The topological polar surface area (TPSA) is 22.1 Å². The van der Waals surface area contributed by atoms with Gasteiger partial charge < -0.3 is 4.74 Å². The van der Waals surface area contributed by atoms with Gasteiger partial charge in [0.2, 0.25) is 0 Å². The molecule has 0 saturated heterocycles. The monoisotopic (exact) mass is 313 g/mol. The summed E-state index contributed by atoms with van der Waals surface area (Å²) in [6.45, 7) is 2.42.